The van der Waals surface area contributed by atoms with Gasteiger partial charge >= 0.3 is 0 Å². The molecule has 0 amide bonds. The van der Waals surface area contributed by atoms with Crippen molar-refractivity contribution in [2.75, 3.05) is 7.05 Å². The lowest BCUT2D eigenvalue weighted by Crippen LogP contribution is -2.16. The lowest BCUT2D eigenvalue weighted by molar-refractivity contribution is 0.703. The molecule has 2 aromatic rings. The van der Waals surface area contributed by atoms with Crippen molar-refractivity contribution in [3.63, 3.8) is 0 Å². The zero-order chi connectivity index (χ0) is 13.3. The molecule has 0 aliphatic carbocycles. The fourth-order valence-corrected chi connectivity index (χ4v) is 3.43. The quantitative estimate of drug-likeness (QED) is 0.843. The third kappa shape index (κ3) is 2.72. The van der Waals surface area contributed by atoms with E-state index in [1.54, 1.807) is 11.3 Å². The van der Waals surface area contributed by atoms with E-state index in [1.807, 2.05) is 33.0 Å². The molecule has 1 nitrogen and oxygen atoms in total. The molecule has 1 unspecified atom stereocenters. The highest BCUT2D eigenvalue weighted by Crippen LogP contribution is 2.34. The van der Waals surface area contributed by atoms with Gasteiger partial charge in [-0.3, -0.25) is 0 Å². The van der Waals surface area contributed by atoms with E-state index in [9.17, 15) is 0 Å². The fraction of sp³-hybridized carbons (Fsp3) is 0.286. The molecule has 0 spiro atoms. The van der Waals surface area contributed by atoms with Crippen LogP contribution in [-0.2, 0) is 0 Å². The summed E-state index contributed by atoms with van der Waals surface area (Å²) in [5.74, 6) is 0. The average molecular weight is 300 g/mol. The summed E-state index contributed by atoms with van der Waals surface area (Å²) in [5, 5.41) is 4.11. The fourth-order valence-electron chi connectivity index (χ4n) is 1.89. The molecule has 0 radical (unpaired) electrons. The highest BCUT2D eigenvalue weighted by atomic mass is 35.5. The minimum absolute atomic E-state index is 0.138. The van der Waals surface area contributed by atoms with E-state index >= 15 is 0 Å². The predicted molar refractivity (Wildman–Crippen MR) is 81.2 cm³/mol. The molecule has 0 saturated heterocycles. The van der Waals surface area contributed by atoms with Crippen molar-refractivity contribution in [3.8, 4) is 0 Å². The molecule has 18 heavy (non-hydrogen) atoms. The van der Waals surface area contributed by atoms with Gasteiger partial charge in [-0.15, -0.1) is 11.3 Å². The van der Waals surface area contributed by atoms with Crippen LogP contribution in [0.25, 0.3) is 0 Å². The molecule has 1 heterocycles. The maximum absolute atomic E-state index is 6.19. The van der Waals surface area contributed by atoms with Crippen molar-refractivity contribution in [2.24, 2.45) is 0 Å². The second kappa shape index (κ2) is 5.62. The highest BCUT2D eigenvalue weighted by Gasteiger charge is 2.16. The zero-order valence-corrected chi connectivity index (χ0v) is 12.9. The van der Waals surface area contributed by atoms with Crippen molar-refractivity contribution >= 4 is 34.5 Å². The van der Waals surface area contributed by atoms with E-state index in [2.05, 4.69) is 17.4 Å². The van der Waals surface area contributed by atoms with Gasteiger partial charge in [-0.1, -0.05) is 35.3 Å². The normalized spacial score (nSPS) is 12.7. The van der Waals surface area contributed by atoms with Gasteiger partial charge in [-0.25, -0.2) is 0 Å². The van der Waals surface area contributed by atoms with Crippen LogP contribution in [0.1, 0.15) is 27.6 Å². The predicted octanol–water partition coefficient (Wildman–Crippen LogP) is 4.98. The van der Waals surface area contributed by atoms with Gasteiger partial charge in [-0.2, -0.15) is 0 Å². The van der Waals surface area contributed by atoms with Gasteiger partial charge in [0.05, 0.1) is 10.4 Å². The highest BCUT2D eigenvalue weighted by molar-refractivity contribution is 7.16. The Labute approximate surface area is 122 Å². The summed E-state index contributed by atoms with van der Waals surface area (Å²) in [5.41, 5.74) is 3.37. The van der Waals surface area contributed by atoms with Gasteiger partial charge in [0.25, 0.3) is 0 Å². The summed E-state index contributed by atoms with van der Waals surface area (Å²) < 4.78 is 0.850. The van der Waals surface area contributed by atoms with Gasteiger partial charge in [-0.05, 0) is 49.7 Å². The number of aryl methyl sites for hydroxylation is 2. The molecule has 0 saturated carbocycles. The molecule has 0 aliphatic rings. The Morgan fingerprint density at radius 3 is 2.33 bits per heavy atom. The van der Waals surface area contributed by atoms with Crippen LogP contribution in [0.15, 0.2) is 24.3 Å². The van der Waals surface area contributed by atoms with Crippen molar-refractivity contribution < 1.29 is 0 Å². The van der Waals surface area contributed by atoms with E-state index < -0.39 is 0 Å². The van der Waals surface area contributed by atoms with Crippen molar-refractivity contribution in [3.05, 3.63) is 55.2 Å². The van der Waals surface area contributed by atoms with Crippen LogP contribution in [0.5, 0.6) is 0 Å². The van der Waals surface area contributed by atoms with Crippen LogP contribution < -0.4 is 5.32 Å². The number of rotatable bonds is 3. The first kappa shape index (κ1) is 13.9. The molecule has 0 aliphatic heterocycles. The lowest BCUT2D eigenvalue weighted by atomic mass is 10.0. The van der Waals surface area contributed by atoms with E-state index in [1.165, 1.54) is 4.88 Å². The molecule has 1 aromatic carbocycles. The lowest BCUT2D eigenvalue weighted by Gasteiger charge is -2.16. The molecule has 96 valence electrons. The number of halogens is 2. The first-order chi connectivity index (χ1) is 8.52. The van der Waals surface area contributed by atoms with Gasteiger partial charge in [0.15, 0.2) is 0 Å². The van der Waals surface area contributed by atoms with E-state index in [0.29, 0.717) is 0 Å². The van der Waals surface area contributed by atoms with Crippen LogP contribution in [0.4, 0.5) is 0 Å². The Hall–Kier alpha value is -0.540. The van der Waals surface area contributed by atoms with Gasteiger partial charge in [0.1, 0.15) is 0 Å². The molecular weight excluding hydrogens is 285 g/mol. The summed E-state index contributed by atoms with van der Waals surface area (Å²) in [6.45, 7) is 4.03. The average Bonchev–Trinajstić information content (AvgIpc) is 2.65. The molecule has 0 fully saturated rings. The minimum Gasteiger partial charge on any atom is -0.309 e. The largest absolute Gasteiger partial charge is 0.309 e. The van der Waals surface area contributed by atoms with E-state index in [4.69, 9.17) is 23.2 Å². The monoisotopic (exact) mass is 299 g/mol. The number of hydrogen-bond acceptors (Lipinski definition) is 2. The Morgan fingerprint density at radius 2 is 1.83 bits per heavy atom. The Morgan fingerprint density at radius 1 is 1.11 bits per heavy atom. The maximum Gasteiger partial charge on any atom is 0.0961 e. The SMILES string of the molecule is CNC(c1ccc(C)c(Cl)c1)c1cc(C)c(Cl)s1. The van der Waals surface area contributed by atoms with Crippen molar-refractivity contribution in [2.45, 2.75) is 19.9 Å². The molecule has 4 heteroatoms. The topological polar surface area (TPSA) is 12.0 Å². The molecule has 2 rings (SSSR count). The summed E-state index contributed by atoms with van der Waals surface area (Å²) in [4.78, 5) is 1.21. The van der Waals surface area contributed by atoms with Crippen LogP contribution in [-0.4, -0.2) is 7.05 Å². The number of thiophene rings is 1. The summed E-state index contributed by atoms with van der Waals surface area (Å²) in [6, 6.07) is 8.43. The smallest absolute Gasteiger partial charge is 0.0961 e. The molecule has 1 aromatic heterocycles. The third-order valence-electron chi connectivity index (χ3n) is 2.98. The first-order valence-electron chi connectivity index (χ1n) is 5.72. The molecule has 1 atom stereocenters. The summed E-state index contributed by atoms with van der Waals surface area (Å²) in [6.07, 6.45) is 0. The first-order valence-corrected chi connectivity index (χ1v) is 7.29. The van der Waals surface area contributed by atoms with Crippen LogP contribution in [0.3, 0.4) is 0 Å². The third-order valence-corrected chi connectivity index (χ3v) is 5.01. The Balaban J connectivity index is 2.41. The summed E-state index contributed by atoms with van der Waals surface area (Å²) in [7, 11) is 1.95. The van der Waals surface area contributed by atoms with Crippen LogP contribution >= 0.6 is 34.5 Å². The van der Waals surface area contributed by atoms with Gasteiger partial charge in [0, 0.05) is 9.90 Å². The Kier molecular flexibility index (Phi) is 4.33. The summed E-state index contributed by atoms with van der Waals surface area (Å²) >= 11 is 13.9. The van der Waals surface area contributed by atoms with Crippen LogP contribution in [0.2, 0.25) is 9.36 Å². The minimum atomic E-state index is 0.138. The molecule has 1 N–H and O–H groups in total. The van der Waals surface area contributed by atoms with Crippen molar-refractivity contribution in [1.82, 2.24) is 5.32 Å². The number of nitrogens with one attached hydrogen (secondary N) is 1. The van der Waals surface area contributed by atoms with Crippen molar-refractivity contribution in [1.29, 1.82) is 0 Å². The number of hydrogen-bond donors (Lipinski definition) is 1. The second-order valence-corrected chi connectivity index (χ2v) is 6.43. The maximum atomic E-state index is 6.19. The molecule has 0 bridgehead atoms. The molecular formula is C14H15Cl2NS. The van der Waals surface area contributed by atoms with E-state index in [0.717, 1.165) is 26.0 Å². The second-order valence-electron chi connectivity index (χ2n) is 4.34. The zero-order valence-electron chi connectivity index (χ0n) is 10.6. The van der Waals surface area contributed by atoms with E-state index in [-0.39, 0.29) is 6.04 Å². The standard InChI is InChI=1S/C14H15Cl2NS/c1-8-4-5-10(7-11(8)15)13(17-3)12-6-9(2)14(16)18-12/h4-7,13,17H,1-3H3. The van der Waals surface area contributed by atoms with Gasteiger partial charge in [0.2, 0.25) is 0 Å². The van der Waals surface area contributed by atoms with Crippen LogP contribution in [0, 0.1) is 13.8 Å². The number of benzene rings is 1. The Bertz CT molecular complexity index is 543. The van der Waals surface area contributed by atoms with Gasteiger partial charge < -0.3 is 5.32 Å².